The molecule has 4 rings (SSSR count). The van der Waals surface area contributed by atoms with Crippen LogP contribution in [0.2, 0.25) is 0 Å². The lowest BCUT2D eigenvalue weighted by Crippen LogP contribution is -2.47. The Morgan fingerprint density at radius 1 is 0.917 bits per heavy atom. The van der Waals surface area contributed by atoms with Crippen LogP contribution < -0.4 is 20.7 Å². The number of rotatable bonds is 7. The molecule has 0 bridgehead atoms. The highest BCUT2D eigenvalue weighted by Gasteiger charge is 2.30. The maximum Gasteiger partial charge on any atom is 0.355 e. The first-order valence-electron chi connectivity index (χ1n) is 11.1. The standard InChI is InChI=1S/C23H24N8O5/c1-15-6-5-9-18(16(15)2)28-10-12-29(13-11-28)22-20(31(35)36)21(24-14-25-22)26-27-23(32)17-7-3-4-8-19(17)30(33)34/h3-9,14H,10-13H2,1-2H3,(H,27,32)(H,24,25,26). The number of nitro benzene ring substituents is 1. The number of piperazine rings is 1. The first kappa shape index (κ1) is 24.3. The number of nitro groups is 2. The number of para-hydroxylation sites is 1. The summed E-state index contributed by atoms with van der Waals surface area (Å²) in [5, 5.41) is 23.2. The molecule has 0 atom stereocenters. The van der Waals surface area contributed by atoms with E-state index in [0.717, 1.165) is 5.69 Å². The molecule has 0 spiro atoms. The number of hydrazine groups is 1. The van der Waals surface area contributed by atoms with Gasteiger partial charge >= 0.3 is 5.69 Å². The summed E-state index contributed by atoms with van der Waals surface area (Å²) < 4.78 is 0. The van der Waals surface area contributed by atoms with Crippen LogP contribution in [-0.4, -0.2) is 51.9 Å². The van der Waals surface area contributed by atoms with Crippen molar-refractivity contribution in [1.29, 1.82) is 0 Å². The van der Waals surface area contributed by atoms with Crippen molar-refractivity contribution in [2.45, 2.75) is 13.8 Å². The van der Waals surface area contributed by atoms with Crippen LogP contribution in [0.3, 0.4) is 0 Å². The highest BCUT2D eigenvalue weighted by atomic mass is 16.6. The van der Waals surface area contributed by atoms with E-state index in [1.807, 2.05) is 6.07 Å². The summed E-state index contributed by atoms with van der Waals surface area (Å²) in [5.41, 5.74) is 7.22. The minimum atomic E-state index is -0.834. The van der Waals surface area contributed by atoms with E-state index in [4.69, 9.17) is 0 Å². The highest BCUT2D eigenvalue weighted by Crippen LogP contribution is 2.33. The molecule has 1 aliphatic rings. The van der Waals surface area contributed by atoms with Gasteiger partial charge in [0.25, 0.3) is 11.6 Å². The zero-order valence-electron chi connectivity index (χ0n) is 19.7. The second kappa shape index (κ2) is 10.2. The molecule has 1 fully saturated rings. The maximum atomic E-state index is 12.5. The van der Waals surface area contributed by atoms with E-state index < -0.39 is 27.1 Å². The number of carbonyl (C=O) groups excluding carboxylic acids is 1. The number of aromatic nitrogens is 2. The highest BCUT2D eigenvalue weighted by molar-refractivity contribution is 5.98. The van der Waals surface area contributed by atoms with Gasteiger partial charge in [-0.2, -0.15) is 0 Å². The molecule has 2 aromatic carbocycles. The van der Waals surface area contributed by atoms with E-state index in [0.29, 0.717) is 26.2 Å². The Morgan fingerprint density at radius 2 is 1.61 bits per heavy atom. The molecule has 0 unspecified atom stereocenters. The molecule has 36 heavy (non-hydrogen) atoms. The zero-order chi connectivity index (χ0) is 25.8. The van der Waals surface area contributed by atoms with Gasteiger partial charge in [0.1, 0.15) is 11.9 Å². The molecule has 13 nitrogen and oxygen atoms in total. The van der Waals surface area contributed by atoms with Crippen molar-refractivity contribution in [3.63, 3.8) is 0 Å². The van der Waals surface area contributed by atoms with Gasteiger partial charge < -0.3 is 9.80 Å². The normalized spacial score (nSPS) is 13.3. The van der Waals surface area contributed by atoms with Crippen LogP contribution in [0, 0.1) is 34.1 Å². The molecule has 13 heteroatoms. The number of nitrogens with zero attached hydrogens (tertiary/aromatic N) is 6. The predicted octanol–water partition coefficient (Wildman–Crippen LogP) is 2.99. The number of nitrogens with one attached hydrogen (secondary N) is 2. The number of anilines is 3. The zero-order valence-corrected chi connectivity index (χ0v) is 19.7. The lowest BCUT2D eigenvalue weighted by atomic mass is 10.1. The van der Waals surface area contributed by atoms with Crippen LogP contribution in [0.5, 0.6) is 0 Å². The first-order chi connectivity index (χ1) is 17.3. The summed E-state index contributed by atoms with van der Waals surface area (Å²) in [4.78, 5) is 46.5. The van der Waals surface area contributed by atoms with Crippen LogP contribution in [-0.2, 0) is 0 Å². The van der Waals surface area contributed by atoms with Gasteiger partial charge in [0.05, 0.1) is 9.85 Å². The number of amides is 1. The number of carbonyl (C=O) groups is 1. The van der Waals surface area contributed by atoms with E-state index in [2.05, 4.69) is 51.7 Å². The summed E-state index contributed by atoms with van der Waals surface area (Å²) in [6, 6.07) is 11.5. The van der Waals surface area contributed by atoms with Crippen molar-refractivity contribution in [2.24, 2.45) is 0 Å². The number of hydrogen-bond acceptors (Lipinski definition) is 10. The predicted molar refractivity (Wildman–Crippen MR) is 133 cm³/mol. The van der Waals surface area contributed by atoms with Crippen molar-refractivity contribution in [3.8, 4) is 0 Å². The lowest BCUT2D eigenvalue weighted by Gasteiger charge is -2.37. The summed E-state index contributed by atoms with van der Waals surface area (Å²) in [6.07, 6.45) is 1.17. The minimum absolute atomic E-state index is 0.123. The largest absolute Gasteiger partial charge is 0.368 e. The quantitative estimate of drug-likeness (QED) is 0.371. The average molecular weight is 492 g/mol. The molecule has 1 aliphatic heterocycles. The number of hydrogen-bond donors (Lipinski definition) is 2. The number of benzene rings is 2. The monoisotopic (exact) mass is 492 g/mol. The van der Waals surface area contributed by atoms with E-state index >= 15 is 0 Å². The fourth-order valence-corrected chi connectivity index (χ4v) is 4.11. The Kier molecular flexibility index (Phi) is 6.90. The van der Waals surface area contributed by atoms with Crippen molar-refractivity contribution in [3.05, 3.63) is 85.7 Å². The molecule has 2 N–H and O–H groups in total. The number of aryl methyl sites for hydroxylation is 1. The van der Waals surface area contributed by atoms with Crippen LogP contribution in [0.4, 0.5) is 28.7 Å². The minimum Gasteiger partial charge on any atom is -0.368 e. The van der Waals surface area contributed by atoms with Gasteiger partial charge in [-0.3, -0.25) is 35.9 Å². The molecule has 1 saturated heterocycles. The third kappa shape index (κ3) is 4.85. The van der Waals surface area contributed by atoms with Gasteiger partial charge in [-0.25, -0.2) is 9.97 Å². The van der Waals surface area contributed by atoms with Crippen molar-refractivity contribution in [2.75, 3.05) is 41.4 Å². The Morgan fingerprint density at radius 3 is 2.31 bits per heavy atom. The van der Waals surface area contributed by atoms with Crippen LogP contribution in [0.1, 0.15) is 21.5 Å². The molecule has 1 amide bonds. The lowest BCUT2D eigenvalue weighted by molar-refractivity contribution is -0.385. The molecule has 0 radical (unpaired) electrons. The second-order valence-electron chi connectivity index (χ2n) is 8.20. The van der Waals surface area contributed by atoms with Crippen LogP contribution in [0.15, 0.2) is 48.8 Å². The Bertz CT molecular complexity index is 1320. The van der Waals surface area contributed by atoms with Crippen molar-refractivity contribution >= 4 is 34.6 Å². The summed E-state index contributed by atoms with van der Waals surface area (Å²) in [7, 11) is 0. The topological polar surface area (TPSA) is 160 Å². The fraction of sp³-hybridized carbons (Fsp3) is 0.261. The average Bonchev–Trinajstić information content (AvgIpc) is 2.88. The van der Waals surface area contributed by atoms with Gasteiger partial charge in [0.15, 0.2) is 0 Å². The molecular weight excluding hydrogens is 468 g/mol. The summed E-state index contributed by atoms with van der Waals surface area (Å²) in [5.74, 6) is -0.939. The Labute approximate surface area is 206 Å². The van der Waals surface area contributed by atoms with Crippen LogP contribution >= 0.6 is 0 Å². The third-order valence-electron chi connectivity index (χ3n) is 6.12. The third-order valence-corrected chi connectivity index (χ3v) is 6.12. The summed E-state index contributed by atoms with van der Waals surface area (Å²) >= 11 is 0. The smallest absolute Gasteiger partial charge is 0.355 e. The first-order valence-corrected chi connectivity index (χ1v) is 11.1. The second-order valence-corrected chi connectivity index (χ2v) is 8.20. The molecule has 0 saturated carbocycles. The molecule has 1 aromatic heterocycles. The summed E-state index contributed by atoms with van der Waals surface area (Å²) in [6.45, 7) is 6.40. The van der Waals surface area contributed by atoms with Gasteiger partial charge in [0.2, 0.25) is 11.6 Å². The molecule has 0 aliphatic carbocycles. The van der Waals surface area contributed by atoms with E-state index in [9.17, 15) is 25.0 Å². The van der Waals surface area contributed by atoms with Gasteiger partial charge in [-0.15, -0.1) is 0 Å². The van der Waals surface area contributed by atoms with Gasteiger partial charge in [-0.05, 0) is 37.1 Å². The fourth-order valence-electron chi connectivity index (χ4n) is 4.11. The Hall–Kier alpha value is -4.81. The van der Waals surface area contributed by atoms with Crippen molar-refractivity contribution in [1.82, 2.24) is 15.4 Å². The van der Waals surface area contributed by atoms with Crippen LogP contribution in [0.25, 0.3) is 0 Å². The molecule has 186 valence electrons. The van der Waals surface area contributed by atoms with E-state index in [-0.39, 0.29) is 17.2 Å². The molecule has 2 heterocycles. The van der Waals surface area contributed by atoms with Gasteiger partial charge in [0, 0.05) is 37.9 Å². The maximum absolute atomic E-state index is 12.5. The van der Waals surface area contributed by atoms with Crippen molar-refractivity contribution < 1.29 is 14.6 Å². The van der Waals surface area contributed by atoms with Gasteiger partial charge in [-0.1, -0.05) is 24.3 Å². The molecule has 3 aromatic rings. The Balaban J connectivity index is 1.51. The van der Waals surface area contributed by atoms with E-state index in [1.165, 1.54) is 41.7 Å². The SMILES string of the molecule is Cc1cccc(N2CCN(c3ncnc(NNC(=O)c4ccccc4[N+](=O)[O-])c3[N+](=O)[O-])CC2)c1C. The molecular formula is C23H24N8O5. The van der Waals surface area contributed by atoms with E-state index in [1.54, 1.807) is 4.90 Å².